The Balaban J connectivity index is 1.55. The van der Waals surface area contributed by atoms with Crippen LogP contribution in [0.1, 0.15) is 21.5 Å². The van der Waals surface area contributed by atoms with Crippen LogP contribution in [0.4, 0.5) is 4.39 Å². The summed E-state index contributed by atoms with van der Waals surface area (Å²) in [7, 11) is 0. The molecule has 0 spiro atoms. The van der Waals surface area contributed by atoms with E-state index in [2.05, 4.69) is 26.5 Å². The zero-order valence-corrected chi connectivity index (χ0v) is 16.9. The summed E-state index contributed by atoms with van der Waals surface area (Å²) in [5.74, 6) is -0.147. The lowest BCUT2D eigenvalue weighted by Gasteiger charge is -2.08. The molecule has 1 amide bonds. The van der Waals surface area contributed by atoms with E-state index in [0.29, 0.717) is 21.9 Å². The first-order chi connectivity index (χ1) is 13.5. The molecule has 3 rings (SSSR count). The summed E-state index contributed by atoms with van der Waals surface area (Å²) in [6, 6.07) is 18.5. The largest absolute Gasteiger partial charge is 0.489 e. The Morgan fingerprint density at radius 1 is 1.14 bits per heavy atom. The highest BCUT2D eigenvalue weighted by Gasteiger charge is 2.07. The molecular formula is C21H15BrClFN2O2. The van der Waals surface area contributed by atoms with Crippen LogP contribution in [-0.4, -0.2) is 12.1 Å². The van der Waals surface area contributed by atoms with Crippen LogP contribution in [0.2, 0.25) is 5.02 Å². The topological polar surface area (TPSA) is 50.7 Å². The van der Waals surface area contributed by atoms with Crippen molar-refractivity contribution in [1.82, 2.24) is 5.43 Å². The third kappa shape index (κ3) is 5.41. The molecule has 28 heavy (non-hydrogen) atoms. The number of hydrazone groups is 1. The maximum atomic E-state index is 13.7. The fraction of sp³-hybridized carbons (Fsp3) is 0.0476. The van der Waals surface area contributed by atoms with Crippen molar-refractivity contribution in [2.45, 2.75) is 6.61 Å². The van der Waals surface area contributed by atoms with Crippen molar-refractivity contribution in [1.29, 1.82) is 0 Å². The number of benzene rings is 3. The van der Waals surface area contributed by atoms with Crippen LogP contribution in [0, 0.1) is 5.82 Å². The standard InChI is InChI=1S/C21H15BrClFN2O2/c22-16-4-1-3-15(11-16)21(27)26-25-12-14-7-9-17(10-8-14)28-13-18-19(23)5-2-6-20(18)24/h1-12H,13H2,(H,26,27)/b25-12+. The monoisotopic (exact) mass is 460 g/mol. The number of rotatable bonds is 6. The second-order valence-electron chi connectivity index (χ2n) is 5.77. The van der Waals surface area contributed by atoms with Gasteiger partial charge in [0.05, 0.1) is 11.2 Å². The minimum Gasteiger partial charge on any atom is -0.489 e. The zero-order chi connectivity index (χ0) is 19.9. The van der Waals surface area contributed by atoms with Gasteiger partial charge in [-0.2, -0.15) is 5.10 Å². The lowest BCUT2D eigenvalue weighted by molar-refractivity contribution is 0.0955. The van der Waals surface area contributed by atoms with Gasteiger partial charge < -0.3 is 4.74 Å². The SMILES string of the molecule is O=C(N/N=C/c1ccc(OCc2c(F)cccc2Cl)cc1)c1cccc(Br)c1. The summed E-state index contributed by atoms with van der Waals surface area (Å²) >= 11 is 9.30. The van der Waals surface area contributed by atoms with Crippen LogP contribution in [0.15, 0.2) is 76.3 Å². The highest BCUT2D eigenvalue weighted by Crippen LogP contribution is 2.21. The quantitative estimate of drug-likeness (QED) is 0.385. The van der Waals surface area contributed by atoms with Crippen molar-refractivity contribution in [2.75, 3.05) is 0 Å². The Labute approximate surface area is 175 Å². The minimum atomic E-state index is -0.405. The highest BCUT2D eigenvalue weighted by atomic mass is 79.9. The molecule has 1 N–H and O–H groups in total. The van der Waals surface area contributed by atoms with Crippen LogP contribution in [0.5, 0.6) is 5.75 Å². The average molecular weight is 462 g/mol. The molecule has 0 aliphatic rings. The maximum Gasteiger partial charge on any atom is 0.271 e. The number of carbonyl (C=O) groups is 1. The second-order valence-corrected chi connectivity index (χ2v) is 7.09. The highest BCUT2D eigenvalue weighted by molar-refractivity contribution is 9.10. The number of nitrogens with zero attached hydrogens (tertiary/aromatic N) is 1. The molecule has 0 saturated carbocycles. The van der Waals surface area contributed by atoms with Gasteiger partial charge in [-0.15, -0.1) is 0 Å². The number of nitrogens with one attached hydrogen (secondary N) is 1. The van der Waals surface area contributed by atoms with Gasteiger partial charge in [0.1, 0.15) is 18.2 Å². The van der Waals surface area contributed by atoms with Gasteiger partial charge in [0.2, 0.25) is 0 Å². The van der Waals surface area contributed by atoms with Gasteiger partial charge in [0.15, 0.2) is 0 Å². The number of hydrogen-bond acceptors (Lipinski definition) is 3. The fourth-order valence-electron chi connectivity index (χ4n) is 2.34. The summed E-state index contributed by atoms with van der Waals surface area (Å²) in [5.41, 5.74) is 4.05. The van der Waals surface area contributed by atoms with E-state index in [1.165, 1.54) is 12.3 Å². The van der Waals surface area contributed by atoms with Crippen LogP contribution < -0.4 is 10.2 Å². The maximum absolute atomic E-state index is 13.7. The molecule has 0 radical (unpaired) electrons. The summed E-state index contributed by atoms with van der Waals surface area (Å²) < 4.78 is 20.1. The van der Waals surface area contributed by atoms with Crippen LogP contribution in [-0.2, 0) is 6.61 Å². The smallest absolute Gasteiger partial charge is 0.271 e. The van der Waals surface area contributed by atoms with Gasteiger partial charge in [0, 0.05) is 15.6 Å². The van der Waals surface area contributed by atoms with E-state index in [4.69, 9.17) is 16.3 Å². The first kappa shape index (κ1) is 20.0. The van der Waals surface area contributed by atoms with E-state index in [9.17, 15) is 9.18 Å². The summed E-state index contributed by atoms with van der Waals surface area (Å²) in [5, 5.41) is 4.27. The van der Waals surface area contributed by atoms with Gasteiger partial charge in [-0.25, -0.2) is 9.82 Å². The zero-order valence-electron chi connectivity index (χ0n) is 14.5. The van der Waals surface area contributed by atoms with E-state index >= 15 is 0 Å². The van der Waals surface area contributed by atoms with E-state index < -0.39 is 5.82 Å². The molecule has 0 aromatic heterocycles. The molecule has 0 bridgehead atoms. The molecule has 0 aliphatic heterocycles. The van der Waals surface area contributed by atoms with Gasteiger partial charge in [0.25, 0.3) is 5.91 Å². The van der Waals surface area contributed by atoms with Crippen LogP contribution in [0.25, 0.3) is 0 Å². The second kappa shape index (κ2) is 9.48. The van der Waals surface area contributed by atoms with Crippen molar-refractivity contribution in [3.8, 4) is 5.75 Å². The molecule has 3 aromatic carbocycles. The van der Waals surface area contributed by atoms with Crippen LogP contribution in [0.3, 0.4) is 0 Å². The molecule has 142 valence electrons. The van der Waals surface area contributed by atoms with Gasteiger partial charge in [-0.1, -0.05) is 39.7 Å². The molecule has 0 aliphatic carbocycles. The number of carbonyl (C=O) groups excluding carboxylic acids is 1. The predicted octanol–water partition coefficient (Wildman–Crippen LogP) is 5.58. The molecule has 0 saturated heterocycles. The summed E-state index contributed by atoms with van der Waals surface area (Å²) in [6.45, 7) is 0.0294. The lowest BCUT2D eigenvalue weighted by atomic mass is 10.2. The minimum absolute atomic E-state index is 0.0294. The molecule has 4 nitrogen and oxygen atoms in total. The van der Waals surface area contributed by atoms with Gasteiger partial charge in [-0.3, -0.25) is 4.79 Å². The molecule has 3 aromatic rings. The van der Waals surface area contributed by atoms with Gasteiger partial charge in [-0.05, 0) is 60.2 Å². The molecule has 0 unspecified atom stereocenters. The van der Waals surface area contributed by atoms with E-state index in [-0.39, 0.29) is 12.5 Å². The third-order valence-electron chi connectivity index (χ3n) is 3.79. The van der Waals surface area contributed by atoms with Crippen molar-refractivity contribution >= 4 is 39.7 Å². The average Bonchev–Trinajstić information content (AvgIpc) is 2.68. The normalized spacial score (nSPS) is 10.8. The molecular weight excluding hydrogens is 447 g/mol. The van der Waals surface area contributed by atoms with E-state index in [0.717, 1.165) is 10.0 Å². The molecule has 0 atom stereocenters. The Morgan fingerprint density at radius 3 is 2.61 bits per heavy atom. The number of halogens is 3. The third-order valence-corrected chi connectivity index (χ3v) is 4.64. The van der Waals surface area contributed by atoms with Crippen molar-refractivity contribution in [3.05, 3.63) is 98.7 Å². The number of amides is 1. The van der Waals surface area contributed by atoms with E-state index in [1.807, 2.05) is 6.07 Å². The van der Waals surface area contributed by atoms with Crippen molar-refractivity contribution in [2.24, 2.45) is 5.10 Å². The predicted molar refractivity (Wildman–Crippen MR) is 111 cm³/mol. The lowest BCUT2D eigenvalue weighted by Crippen LogP contribution is -2.17. The summed E-state index contributed by atoms with van der Waals surface area (Å²) in [4.78, 5) is 12.0. The Hall–Kier alpha value is -2.70. The van der Waals surface area contributed by atoms with Crippen molar-refractivity contribution in [3.63, 3.8) is 0 Å². The number of ether oxygens (including phenoxy) is 1. The first-order valence-corrected chi connectivity index (χ1v) is 9.45. The van der Waals surface area contributed by atoms with Crippen molar-refractivity contribution < 1.29 is 13.9 Å². The fourth-order valence-corrected chi connectivity index (χ4v) is 2.95. The molecule has 0 heterocycles. The summed E-state index contributed by atoms with van der Waals surface area (Å²) in [6.07, 6.45) is 1.52. The van der Waals surface area contributed by atoms with E-state index in [1.54, 1.807) is 54.6 Å². The Bertz CT molecular complexity index is 989. The molecule has 0 fully saturated rings. The Kier molecular flexibility index (Phi) is 6.79. The van der Waals surface area contributed by atoms with Crippen LogP contribution >= 0.6 is 27.5 Å². The number of hydrogen-bond donors (Lipinski definition) is 1. The molecule has 7 heteroatoms. The first-order valence-electron chi connectivity index (χ1n) is 8.27. The van der Waals surface area contributed by atoms with Gasteiger partial charge >= 0.3 is 0 Å². The Morgan fingerprint density at radius 2 is 1.89 bits per heavy atom.